The molecule has 1 aromatic carbocycles. The number of phenolic OH excluding ortho intramolecular Hbond substituents is 1. The van der Waals surface area contributed by atoms with Gasteiger partial charge in [0.05, 0.1) is 0 Å². The van der Waals surface area contributed by atoms with Gasteiger partial charge < -0.3 is 10.8 Å². The molecule has 0 radical (unpaired) electrons. The van der Waals surface area contributed by atoms with Crippen LogP contribution in [0.2, 0.25) is 0 Å². The minimum absolute atomic E-state index is 0.457. The number of phenols is 1. The quantitative estimate of drug-likeness (QED) is 0.695. The summed E-state index contributed by atoms with van der Waals surface area (Å²) >= 11 is 0. The number of aromatic hydroxyl groups is 1. The highest BCUT2D eigenvalue weighted by Gasteiger charge is 2.39. The molecule has 78 valence electrons. The lowest BCUT2D eigenvalue weighted by molar-refractivity contribution is -0.149. The molecule has 14 heavy (non-hydrogen) atoms. The molecule has 0 aliphatic carbocycles. The lowest BCUT2D eigenvalue weighted by atomic mass is 10.1. The van der Waals surface area contributed by atoms with Crippen LogP contribution >= 0.6 is 0 Å². The summed E-state index contributed by atoms with van der Waals surface area (Å²) in [5.41, 5.74) is 4.00. The van der Waals surface area contributed by atoms with Crippen molar-refractivity contribution >= 4 is 0 Å². The maximum atomic E-state index is 12.9. The Balaban J connectivity index is 3.12. The van der Waals surface area contributed by atoms with Gasteiger partial charge in [-0.2, -0.15) is 13.2 Å². The smallest absolute Gasteiger partial charge is 0.407 e. The molecule has 2 nitrogen and oxygen atoms in total. The average Bonchev–Trinajstić information content (AvgIpc) is 2.06. The second-order valence-electron chi connectivity index (χ2n) is 2.73. The Morgan fingerprint density at radius 3 is 2.36 bits per heavy atom. The molecule has 1 unspecified atom stereocenters. The molecule has 3 N–H and O–H groups in total. The van der Waals surface area contributed by atoms with Crippen LogP contribution in [0.5, 0.6) is 5.75 Å². The summed E-state index contributed by atoms with van der Waals surface area (Å²) in [6.45, 7) is 0. The molecule has 0 aliphatic heterocycles. The highest BCUT2D eigenvalue weighted by Crippen LogP contribution is 2.33. The van der Waals surface area contributed by atoms with Crippen molar-refractivity contribution in [1.82, 2.24) is 0 Å². The molecule has 0 saturated heterocycles. The molecular weight excluding hydrogens is 202 g/mol. The number of benzene rings is 1. The highest BCUT2D eigenvalue weighted by atomic mass is 19.4. The van der Waals surface area contributed by atoms with Crippen molar-refractivity contribution in [2.24, 2.45) is 5.73 Å². The molecule has 0 amide bonds. The first-order valence-corrected chi connectivity index (χ1v) is 3.63. The predicted octanol–water partition coefficient (Wildman–Crippen LogP) is 2.09. The Kier molecular flexibility index (Phi) is 2.66. The standard InChI is InChI=1S/C8H7F4NO/c9-6-2-1-4(14)3-5(6)7(13)8(10,11)12/h1-3,7,14H,13H2. The van der Waals surface area contributed by atoms with E-state index >= 15 is 0 Å². The van der Waals surface area contributed by atoms with E-state index in [1.807, 2.05) is 0 Å². The van der Waals surface area contributed by atoms with Gasteiger partial charge in [0.25, 0.3) is 0 Å². The molecule has 6 heteroatoms. The van der Waals surface area contributed by atoms with Crippen LogP contribution in [0.25, 0.3) is 0 Å². The van der Waals surface area contributed by atoms with Crippen LogP contribution in [-0.4, -0.2) is 11.3 Å². The van der Waals surface area contributed by atoms with Crippen molar-refractivity contribution in [2.75, 3.05) is 0 Å². The first-order chi connectivity index (χ1) is 6.32. The van der Waals surface area contributed by atoms with E-state index in [1.165, 1.54) is 0 Å². The second kappa shape index (κ2) is 3.45. The van der Waals surface area contributed by atoms with Crippen molar-refractivity contribution in [3.8, 4) is 5.75 Å². The van der Waals surface area contributed by atoms with Gasteiger partial charge in [0.2, 0.25) is 0 Å². The average molecular weight is 209 g/mol. The summed E-state index contributed by atoms with van der Waals surface area (Å²) in [5, 5.41) is 8.86. The van der Waals surface area contributed by atoms with Crippen molar-refractivity contribution < 1.29 is 22.7 Å². The van der Waals surface area contributed by atoms with Crippen LogP contribution in [-0.2, 0) is 0 Å². The van der Waals surface area contributed by atoms with Gasteiger partial charge in [-0.3, -0.25) is 0 Å². The Hall–Kier alpha value is -1.30. The SMILES string of the molecule is NC(c1cc(O)ccc1F)C(F)(F)F. The minimum Gasteiger partial charge on any atom is -0.508 e. The molecular formula is C8H7F4NO. The zero-order chi connectivity index (χ0) is 10.9. The van der Waals surface area contributed by atoms with Gasteiger partial charge >= 0.3 is 6.18 Å². The van der Waals surface area contributed by atoms with Gasteiger partial charge in [0.15, 0.2) is 0 Å². The van der Waals surface area contributed by atoms with E-state index in [2.05, 4.69) is 0 Å². The van der Waals surface area contributed by atoms with E-state index < -0.39 is 29.3 Å². The van der Waals surface area contributed by atoms with E-state index in [4.69, 9.17) is 10.8 Å². The van der Waals surface area contributed by atoms with Gasteiger partial charge in [0, 0.05) is 5.56 Å². The molecule has 0 bridgehead atoms. The largest absolute Gasteiger partial charge is 0.508 e. The number of hydrogen-bond acceptors (Lipinski definition) is 2. The third kappa shape index (κ3) is 2.14. The first kappa shape index (κ1) is 10.8. The van der Waals surface area contributed by atoms with Gasteiger partial charge in [-0.25, -0.2) is 4.39 Å². The summed E-state index contributed by atoms with van der Waals surface area (Å²) < 4.78 is 49.1. The van der Waals surface area contributed by atoms with Crippen LogP contribution in [0.3, 0.4) is 0 Å². The Labute approximate surface area is 77.0 Å². The lowest BCUT2D eigenvalue weighted by Gasteiger charge is -2.16. The summed E-state index contributed by atoms with van der Waals surface area (Å²) in [6, 6.07) is -0.0827. The maximum absolute atomic E-state index is 12.9. The third-order valence-electron chi connectivity index (χ3n) is 1.67. The molecule has 0 spiro atoms. The molecule has 0 heterocycles. The topological polar surface area (TPSA) is 46.2 Å². The van der Waals surface area contributed by atoms with E-state index in [0.717, 1.165) is 12.1 Å². The molecule has 0 aromatic heterocycles. The minimum atomic E-state index is -4.73. The first-order valence-electron chi connectivity index (χ1n) is 3.63. The zero-order valence-electron chi connectivity index (χ0n) is 6.85. The van der Waals surface area contributed by atoms with Gasteiger partial charge in [-0.1, -0.05) is 0 Å². The Morgan fingerprint density at radius 1 is 1.29 bits per heavy atom. The molecule has 0 aliphatic rings. The van der Waals surface area contributed by atoms with Crippen LogP contribution < -0.4 is 5.73 Å². The summed E-state index contributed by atoms with van der Waals surface area (Å²) in [4.78, 5) is 0. The van der Waals surface area contributed by atoms with Gasteiger partial charge in [-0.15, -0.1) is 0 Å². The summed E-state index contributed by atoms with van der Waals surface area (Å²) in [7, 11) is 0. The third-order valence-corrected chi connectivity index (χ3v) is 1.67. The molecule has 0 fully saturated rings. The van der Waals surface area contributed by atoms with E-state index in [-0.39, 0.29) is 0 Å². The molecule has 1 aromatic rings. The summed E-state index contributed by atoms with van der Waals surface area (Å²) in [5.74, 6) is -1.55. The lowest BCUT2D eigenvalue weighted by Crippen LogP contribution is -2.29. The van der Waals surface area contributed by atoms with Crippen LogP contribution in [0.4, 0.5) is 17.6 Å². The maximum Gasteiger partial charge on any atom is 0.407 e. The fraction of sp³-hybridized carbons (Fsp3) is 0.250. The van der Waals surface area contributed by atoms with Crippen LogP contribution in [0, 0.1) is 5.82 Å². The van der Waals surface area contributed by atoms with Crippen molar-refractivity contribution in [1.29, 1.82) is 0 Å². The van der Waals surface area contributed by atoms with Crippen molar-refractivity contribution in [3.05, 3.63) is 29.6 Å². The monoisotopic (exact) mass is 209 g/mol. The highest BCUT2D eigenvalue weighted by molar-refractivity contribution is 5.31. The second-order valence-corrected chi connectivity index (χ2v) is 2.73. The van der Waals surface area contributed by atoms with E-state index in [9.17, 15) is 17.6 Å². The van der Waals surface area contributed by atoms with Crippen molar-refractivity contribution in [2.45, 2.75) is 12.2 Å². The molecule has 0 saturated carbocycles. The Morgan fingerprint density at radius 2 is 1.86 bits per heavy atom. The fourth-order valence-corrected chi connectivity index (χ4v) is 0.946. The molecule has 1 atom stereocenters. The van der Waals surface area contributed by atoms with E-state index in [1.54, 1.807) is 0 Å². The van der Waals surface area contributed by atoms with Crippen molar-refractivity contribution in [3.63, 3.8) is 0 Å². The fourth-order valence-electron chi connectivity index (χ4n) is 0.946. The zero-order valence-corrected chi connectivity index (χ0v) is 6.85. The van der Waals surface area contributed by atoms with Gasteiger partial charge in [0.1, 0.15) is 17.6 Å². The Bertz CT molecular complexity index is 337. The number of rotatable bonds is 1. The predicted molar refractivity (Wildman–Crippen MR) is 41.0 cm³/mol. The number of hydrogen-bond donors (Lipinski definition) is 2. The van der Waals surface area contributed by atoms with E-state index in [0.29, 0.717) is 6.07 Å². The molecule has 1 rings (SSSR count). The number of halogens is 4. The van der Waals surface area contributed by atoms with Crippen LogP contribution in [0.15, 0.2) is 18.2 Å². The van der Waals surface area contributed by atoms with Gasteiger partial charge in [-0.05, 0) is 18.2 Å². The number of alkyl halides is 3. The van der Waals surface area contributed by atoms with Crippen LogP contribution in [0.1, 0.15) is 11.6 Å². The number of nitrogens with two attached hydrogens (primary N) is 1. The summed E-state index contributed by atoms with van der Waals surface area (Å²) in [6.07, 6.45) is -4.73. The normalized spacial score (nSPS) is 14.1.